The minimum atomic E-state index is -1.86. The second kappa shape index (κ2) is 9.15. The Hall–Kier alpha value is -0.440. The van der Waals surface area contributed by atoms with Crippen molar-refractivity contribution < 1.29 is 55.4 Å². The van der Waals surface area contributed by atoms with E-state index >= 15 is 0 Å². The molecule has 1 aliphatic rings. The molecular weight excluding hydrogens is 320 g/mol. The molecule has 0 aromatic rings. The van der Waals surface area contributed by atoms with Crippen molar-refractivity contribution in [1.29, 1.82) is 0 Å². The summed E-state index contributed by atoms with van der Waals surface area (Å²) in [5, 5.41) is 84.4. The van der Waals surface area contributed by atoms with Crippen LogP contribution in [0.4, 0.5) is 0 Å². The van der Waals surface area contributed by atoms with E-state index in [2.05, 4.69) is 0 Å². The molecule has 0 amide bonds. The largest absolute Gasteiger partial charge is 0.394 e. The van der Waals surface area contributed by atoms with E-state index in [1.165, 1.54) is 0 Å². The van der Waals surface area contributed by atoms with Gasteiger partial charge in [0.25, 0.3) is 0 Å². The van der Waals surface area contributed by atoms with Crippen molar-refractivity contribution in [3.63, 3.8) is 0 Å². The fourth-order valence-electron chi connectivity index (χ4n) is 2.06. The van der Waals surface area contributed by atoms with Crippen molar-refractivity contribution in [3.05, 3.63) is 0 Å². The molecule has 0 radical (unpaired) electrons. The summed E-state index contributed by atoms with van der Waals surface area (Å²) in [6.07, 6.45) is -14.7. The van der Waals surface area contributed by atoms with E-state index in [4.69, 9.17) is 19.7 Å². The lowest BCUT2D eigenvalue weighted by atomic mass is 9.99. The molecule has 0 spiro atoms. The zero-order valence-corrected chi connectivity index (χ0v) is 12.2. The van der Waals surface area contributed by atoms with Gasteiger partial charge in [0.2, 0.25) is 0 Å². The Morgan fingerprint density at radius 1 is 0.826 bits per heavy atom. The standard InChI is InChI=1S/C12H24O11/c13-1-4(15)7(17)8(18)5(16)3-22-12-11(21)10(20)9(19)6(2-14)23-12/h4-21H,1-3H2/t4-,5+,6?,7+,8+,9-,10-,11?,12+/m0/s1. The van der Waals surface area contributed by atoms with Crippen LogP contribution in [-0.4, -0.2) is 121 Å². The van der Waals surface area contributed by atoms with Gasteiger partial charge in [-0.2, -0.15) is 0 Å². The maximum atomic E-state index is 9.70. The van der Waals surface area contributed by atoms with E-state index < -0.39 is 74.9 Å². The molecule has 0 aromatic carbocycles. The second-order valence-electron chi connectivity index (χ2n) is 5.33. The van der Waals surface area contributed by atoms with Gasteiger partial charge in [-0.25, -0.2) is 0 Å². The molecule has 1 heterocycles. The second-order valence-corrected chi connectivity index (χ2v) is 5.33. The third-order valence-electron chi connectivity index (χ3n) is 3.61. The highest BCUT2D eigenvalue weighted by molar-refractivity contribution is 4.89. The summed E-state index contributed by atoms with van der Waals surface area (Å²) < 4.78 is 9.99. The van der Waals surface area contributed by atoms with Crippen LogP contribution < -0.4 is 0 Å². The Kier molecular flexibility index (Phi) is 8.20. The van der Waals surface area contributed by atoms with Crippen LogP contribution in [-0.2, 0) is 9.47 Å². The zero-order chi connectivity index (χ0) is 17.7. The molecule has 0 aliphatic carbocycles. The SMILES string of the molecule is OCC1O[C@@H](OC[C@@H](O)[C@@H](O)[C@H](O)[C@@H](O)CO)C(O)[C@@H](O)[C@H]1O. The van der Waals surface area contributed by atoms with Crippen LogP contribution in [0.15, 0.2) is 0 Å². The molecule has 11 nitrogen and oxygen atoms in total. The van der Waals surface area contributed by atoms with Gasteiger partial charge in [0.15, 0.2) is 6.29 Å². The predicted molar refractivity (Wildman–Crippen MR) is 70.8 cm³/mol. The van der Waals surface area contributed by atoms with E-state index in [9.17, 15) is 35.7 Å². The van der Waals surface area contributed by atoms with Crippen LogP contribution in [0.3, 0.4) is 0 Å². The minimum Gasteiger partial charge on any atom is -0.394 e. The highest BCUT2D eigenvalue weighted by Gasteiger charge is 2.44. The number of hydrogen-bond donors (Lipinski definition) is 9. The Morgan fingerprint density at radius 3 is 1.91 bits per heavy atom. The molecule has 0 saturated carbocycles. The first-order valence-electron chi connectivity index (χ1n) is 6.99. The van der Waals surface area contributed by atoms with Crippen LogP contribution >= 0.6 is 0 Å². The number of aliphatic hydroxyl groups is 9. The lowest BCUT2D eigenvalue weighted by molar-refractivity contribution is -0.306. The number of rotatable bonds is 8. The molecule has 1 aliphatic heterocycles. The molecule has 11 heteroatoms. The quantitative estimate of drug-likeness (QED) is 0.203. The average molecular weight is 344 g/mol. The molecule has 1 saturated heterocycles. The van der Waals surface area contributed by atoms with Crippen LogP contribution in [0, 0.1) is 0 Å². The highest BCUT2D eigenvalue weighted by atomic mass is 16.7. The van der Waals surface area contributed by atoms with Crippen LogP contribution in [0.1, 0.15) is 0 Å². The van der Waals surface area contributed by atoms with E-state index in [1.54, 1.807) is 0 Å². The Bertz CT molecular complexity index is 341. The highest BCUT2D eigenvalue weighted by Crippen LogP contribution is 2.22. The van der Waals surface area contributed by atoms with E-state index in [0.717, 1.165) is 0 Å². The Morgan fingerprint density at radius 2 is 1.39 bits per heavy atom. The summed E-state index contributed by atoms with van der Waals surface area (Å²) in [5.74, 6) is 0. The normalized spacial score (nSPS) is 37.2. The fraction of sp³-hybridized carbons (Fsp3) is 1.00. The molecular formula is C12H24O11. The van der Waals surface area contributed by atoms with Crippen molar-refractivity contribution in [2.75, 3.05) is 19.8 Å². The fourth-order valence-corrected chi connectivity index (χ4v) is 2.06. The number of aliphatic hydroxyl groups excluding tert-OH is 9. The maximum Gasteiger partial charge on any atom is 0.186 e. The first-order chi connectivity index (χ1) is 10.7. The summed E-state index contributed by atoms with van der Waals surface area (Å²) in [5.41, 5.74) is 0. The van der Waals surface area contributed by atoms with E-state index in [0.29, 0.717) is 0 Å². The molecule has 0 bridgehead atoms. The predicted octanol–water partition coefficient (Wildman–Crippen LogP) is -5.76. The lowest BCUT2D eigenvalue weighted by Crippen LogP contribution is -2.59. The van der Waals surface area contributed by atoms with Gasteiger partial charge in [0.1, 0.15) is 48.8 Å². The van der Waals surface area contributed by atoms with Crippen molar-refractivity contribution in [3.8, 4) is 0 Å². The molecule has 9 atom stereocenters. The Labute approximate surface area is 131 Å². The van der Waals surface area contributed by atoms with Gasteiger partial charge in [-0.3, -0.25) is 0 Å². The van der Waals surface area contributed by atoms with Gasteiger partial charge in [0, 0.05) is 0 Å². The summed E-state index contributed by atoms with van der Waals surface area (Å²) in [6, 6.07) is 0. The van der Waals surface area contributed by atoms with Gasteiger partial charge in [-0.05, 0) is 0 Å². The van der Waals surface area contributed by atoms with Crippen LogP contribution in [0.5, 0.6) is 0 Å². The number of ether oxygens (including phenoxy) is 2. The molecule has 1 fully saturated rings. The van der Waals surface area contributed by atoms with Crippen molar-refractivity contribution >= 4 is 0 Å². The summed E-state index contributed by atoms with van der Waals surface area (Å²) >= 11 is 0. The Balaban J connectivity index is 2.55. The number of hydrogen-bond acceptors (Lipinski definition) is 11. The van der Waals surface area contributed by atoms with Crippen LogP contribution in [0.25, 0.3) is 0 Å². The summed E-state index contributed by atoms with van der Waals surface area (Å²) in [7, 11) is 0. The van der Waals surface area contributed by atoms with Crippen molar-refractivity contribution in [2.24, 2.45) is 0 Å². The molecule has 138 valence electrons. The smallest absolute Gasteiger partial charge is 0.186 e. The lowest BCUT2D eigenvalue weighted by Gasteiger charge is -2.40. The first kappa shape index (κ1) is 20.6. The topological polar surface area (TPSA) is 201 Å². The molecule has 9 N–H and O–H groups in total. The molecule has 0 aromatic heterocycles. The third kappa shape index (κ3) is 5.01. The molecule has 1 rings (SSSR count). The third-order valence-corrected chi connectivity index (χ3v) is 3.61. The van der Waals surface area contributed by atoms with Crippen LogP contribution in [0.2, 0.25) is 0 Å². The summed E-state index contributed by atoms with van der Waals surface area (Å²) in [4.78, 5) is 0. The average Bonchev–Trinajstić information content (AvgIpc) is 2.56. The van der Waals surface area contributed by atoms with Gasteiger partial charge in [-0.15, -0.1) is 0 Å². The first-order valence-corrected chi connectivity index (χ1v) is 6.99. The summed E-state index contributed by atoms with van der Waals surface area (Å²) in [6.45, 7) is -2.16. The van der Waals surface area contributed by atoms with Gasteiger partial charge >= 0.3 is 0 Å². The van der Waals surface area contributed by atoms with Gasteiger partial charge < -0.3 is 55.4 Å². The minimum absolute atomic E-state index is 0.655. The van der Waals surface area contributed by atoms with Gasteiger partial charge in [-0.1, -0.05) is 0 Å². The van der Waals surface area contributed by atoms with E-state index in [1.807, 2.05) is 0 Å². The molecule has 23 heavy (non-hydrogen) atoms. The molecule has 2 unspecified atom stereocenters. The van der Waals surface area contributed by atoms with E-state index in [-0.39, 0.29) is 0 Å². The monoisotopic (exact) mass is 344 g/mol. The maximum absolute atomic E-state index is 9.70. The zero-order valence-electron chi connectivity index (χ0n) is 12.2. The van der Waals surface area contributed by atoms with Crippen molar-refractivity contribution in [1.82, 2.24) is 0 Å². The van der Waals surface area contributed by atoms with Gasteiger partial charge in [0.05, 0.1) is 19.8 Å². The van der Waals surface area contributed by atoms with Crippen molar-refractivity contribution in [2.45, 2.75) is 55.1 Å².